The van der Waals surface area contributed by atoms with E-state index in [1.165, 1.54) is 128 Å². The Hall–Kier alpha value is -0.610. The molecule has 4 nitrogen and oxygen atoms in total. The molecule has 4 heteroatoms. The van der Waals surface area contributed by atoms with E-state index in [0.717, 1.165) is 25.7 Å². The quantitative estimate of drug-likeness (QED) is 0.0768. The number of carbonyl (C=O) groups excluding carboxylic acids is 1. The van der Waals surface area contributed by atoms with Crippen LogP contribution in [0.3, 0.4) is 0 Å². The predicted molar refractivity (Wildman–Crippen MR) is 155 cm³/mol. The van der Waals surface area contributed by atoms with Crippen LogP contribution in [-0.2, 0) is 14.3 Å². The number of hydrogen-bond acceptors (Lipinski definition) is 4. The maximum absolute atomic E-state index is 11.7. The Bertz CT molecular complexity index is 426. The molecule has 0 saturated heterocycles. The molecule has 0 radical (unpaired) electrons. The molecule has 216 valence electrons. The lowest BCUT2D eigenvalue weighted by atomic mass is 10.0. The summed E-state index contributed by atoms with van der Waals surface area (Å²) in [6.07, 6.45) is 32.0. The van der Waals surface area contributed by atoms with Crippen molar-refractivity contribution in [1.29, 1.82) is 0 Å². The molecule has 1 unspecified atom stereocenters. The zero-order chi connectivity index (χ0) is 26.4. The number of carbonyl (C=O) groups is 1. The van der Waals surface area contributed by atoms with E-state index in [1.807, 2.05) is 0 Å². The third-order valence-electron chi connectivity index (χ3n) is 7.18. The van der Waals surface area contributed by atoms with Gasteiger partial charge in [0, 0.05) is 13.0 Å². The van der Waals surface area contributed by atoms with E-state index >= 15 is 0 Å². The van der Waals surface area contributed by atoms with Gasteiger partial charge in [-0.25, -0.2) is 0 Å². The lowest BCUT2D eigenvalue weighted by Crippen LogP contribution is -2.27. The Morgan fingerprint density at radius 1 is 0.556 bits per heavy atom. The summed E-state index contributed by atoms with van der Waals surface area (Å²) in [5, 5.41) is 9.37. The summed E-state index contributed by atoms with van der Waals surface area (Å²) in [5.41, 5.74) is 0. The molecular formula is C32H64O4. The highest BCUT2D eigenvalue weighted by atomic mass is 16.6. The number of aliphatic hydroxyl groups is 1. The molecule has 0 saturated carbocycles. The van der Waals surface area contributed by atoms with Crippen molar-refractivity contribution in [3.63, 3.8) is 0 Å². The molecule has 0 aromatic rings. The summed E-state index contributed by atoms with van der Waals surface area (Å²) in [4.78, 5) is 11.7. The molecule has 0 spiro atoms. The summed E-state index contributed by atoms with van der Waals surface area (Å²) in [7, 11) is 0. The van der Waals surface area contributed by atoms with E-state index in [9.17, 15) is 9.90 Å². The van der Waals surface area contributed by atoms with Crippen LogP contribution >= 0.6 is 0 Å². The molecule has 0 amide bonds. The molecule has 0 aromatic carbocycles. The average Bonchev–Trinajstić information content (AvgIpc) is 2.88. The van der Waals surface area contributed by atoms with Gasteiger partial charge in [-0.05, 0) is 12.8 Å². The van der Waals surface area contributed by atoms with Crippen molar-refractivity contribution in [2.45, 2.75) is 180 Å². The minimum Gasteiger partial charge on any atom is -0.457 e. The van der Waals surface area contributed by atoms with Crippen LogP contribution in [0.4, 0.5) is 0 Å². The van der Waals surface area contributed by atoms with Crippen molar-refractivity contribution >= 4 is 5.97 Å². The standard InChI is InChI=1S/C32H64O4/c1-3-5-7-8-9-10-11-12-13-14-15-16-17-18-19-20-21-22-23-24-26-28-35-30-31(29-33)36-32(34)27-25-6-4-2/h31,33H,3-30H2,1-2H3. The molecule has 0 aliphatic heterocycles. The van der Waals surface area contributed by atoms with Crippen LogP contribution in [0.1, 0.15) is 174 Å². The maximum atomic E-state index is 11.7. The second-order valence-corrected chi connectivity index (χ2v) is 10.9. The van der Waals surface area contributed by atoms with Crippen molar-refractivity contribution in [3.05, 3.63) is 0 Å². The number of hydrogen-bond donors (Lipinski definition) is 1. The van der Waals surface area contributed by atoms with Crippen molar-refractivity contribution < 1.29 is 19.4 Å². The molecule has 36 heavy (non-hydrogen) atoms. The molecule has 0 heterocycles. The first-order chi connectivity index (χ1) is 17.7. The van der Waals surface area contributed by atoms with Gasteiger partial charge < -0.3 is 14.6 Å². The fraction of sp³-hybridized carbons (Fsp3) is 0.969. The topological polar surface area (TPSA) is 55.8 Å². The first-order valence-electron chi connectivity index (χ1n) is 16.1. The van der Waals surface area contributed by atoms with Crippen molar-refractivity contribution in [3.8, 4) is 0 Å². The SMILES string of the molecule is CCCCCCCCCCCCCCCCCCCCCCCOCC(CO)OC(=O)CCCCC. The van der Waals surface area contributed by atoms with Gasteiger partial charge in [0.25, 0.3) is 0 Å². The van der Waals surface area contributed by atoms with Gasteiger partial charge in [0.05, 0.1) is 13.2 Å². The molecule has 0 aliphatic carbocycles. The third-order valence-corrected chi connectivity index (χ3v) is 7.18. The fourth-order valence-electron chi connectivity index (χ4n) is 4.74. The van der Waals surface area contributed by atoms with Crippen LogP contribution < -0.4 is 0 Å². The monoisotopic (exact) mass is 512 g/mol. The Balaban J connectivity index is 3.23. The van der Waals surface area contributed by atoms with Gasteiger partial charge in [-0.1, -0.05) is 155 Å². The molecule has 0 aliphatic rings. The van der Waals surface area contributed by atoms with Gasteiger partial charge in [-0.2, -0.15) is 0 Å². The van der Waals surface area contributed by atoms with E-state index in [2.05, 4.69) is 13.8 Å². The molecule has 0 bridgehead atoms. The smallest absolute Gasteiger partial charge is 0.306 e. The average molecular weight is 513 g/mol. The Morgan fingerprint density at radius 2 is 0.917 bits per heavy atom. The Labute approximate surface area is 225 Å². The second kappa shape index (κ2) is 30.6. The van der Waals surface area contributed by atoms with Gasteiger partial charge in [0.1, 0.15) is 6.10 Å². The van der Waals surface area contributed by atoms with Crippen LogP contribution in [0.25, 0.3) is 0 Å². The summed E-state index contributed by atoms with van der Waals surface area (Å²) < 4.78 is 10.9. The normalized spacial score (nSPS) is 12.2. The number of unbranched alkanes of at least 4 members (excludes halogenated alkanes) is 22. The highest BCUT2D eigenvalue weighted by molar-refractivity contribution is 5.69. The number of aliphatic hydroxyl groups excluding tert-OH is 1. The Morgan fingerprint density at radius 3 is 1.31 bits per heavy atom. The largest absolute Gasteiger partial charge is 0.457 e. The van der Waals surface area contributed by atoms with E-state index < -0.39 is 6.10 Å². The number of esters is 1. The molecule has 1 atom stereocenters. The molecule has 0 rings (SSSR count). The zero-order valence-corrected chi connectivity index (χ0v) is 24.5. The highest BCUT2D eigenvalue weighted by Gasteiger charge is 2.13. The van der Waals surface area contributed by atoms with E-state index in [1.54, 1.807) is 0 Å². The minimum atomic E-state index is -0.519. The summed E-state index contributed by atoms with van der Waals surface area (Å²) in [5.74, 6) is -0.222. The van der Waals surface area contributed by atoms with Crippen LogP contribution in [-0.4, -0.2) is 37.0 Å². The van der Waals surface area contributed by atoms with E-state index in [-0.39, 0.29) is 12.6 Å². The number of ether oxygens (including phenoxy) is 2. The maximum Gasteiger partial charge on any atom is 0.306 e. The minimum absolute atomic E-state index is 0.168. The summed E-state index contributed by atoms with van der Waals surface area (Å²) in [6, 6.07) is 0. The van der Waals surface area contributed by atoms with Crippen molar-refractivity contribution in [2.75, 3.05) is 19.8 Å². The highest BCUT2D eigenvalue weighted by Crippen LogP contribution is 2.15. The van der Waals surface area contributed by atoms with Crippen molar-refractivity contribution in [1.82, 2.24) is 0 Å². The van der Waals surface area contributed by atoms with Gasteiger partial charge in [-0.15, -0.1) is 0 Å². The summed E-state index contributed by atoms with van der Waals surface area (Å²) >= 11 is 0. The molecular weight excluding hydrogens is 448 g/mol. The van der Waals surface area contributed by atoms with Crippen LogP contribution in [0.2, 0.25) is 0 Å². The molecule has 1 N–H and O–H groups in total. The van der Waals surface area contributed by atoms with Gasteiger partial charge in [-0.3, -0.25) is 4.79 Å². The molecule has 0 fully saturated rings. The van der Waals surface area contributed by atoms with Crippen molar-refractivity contribution in [2.24, 2.45) is 0 Å². The lowest BCUT2D eigenvalue weighted by Gasteiger charge is -2.15. The second-order valence-electron chi connectivity index (χ2n) is 10.9. The van der Waals surface area contributed by atoms with Gasteiger partial charge in [0.2, 0.25) is 0 Å². The zero-order valence-electron chi connectivity index (χ0n) is 24.5. The fourth-order valence-corrected chi connectivity index (χ4v) is 4.74. The van der Waals surface area contributed by atoms with Crippen LogP contribution in [0.15, 0.2) is 0 Å². The molecule has 0 aromatic heterocycles. The first-order valence-corrected chi connectivity index (χ1v) is 16.1. The van der Waals surface area contributed by atoms with E-state index in [4.69, 9.17) is 9.47 Å². The van der Waals surface area contributed by atoms with Crippen LogP contribution in [0, 0.1) is 0 Å². The first kappa shape index (κ1) is 35.4. The van der Waals surface area contributed by atoms with E-state index in [0.29, 0.717) is 19.6 Å². The van der Waals surface area contributed by atoms with Gasteiger partial charge in [0.15, 0.2) is 0 Å². The predicted octanol–water partition coefficient (Wildman–Crippen LogP) is 9.70. The Kier molecular flexibility index (Phi) is 30.1. The third kappa shape index (κ3) is 28.0. The number of rotatable bonds is 30. The summed E-state index contributed by atoms with van der Waals surface area (Å²) in [6.45, 7) is 5.22. The van der Waals surface area contributed by atoms with Gasteiger partial charge >= 0.3 is 5.97 Å². The van der Waals surface area contributed by atoms with Crippen LogP contribution in [0.5, 0.6) is 0 Å². The lowest BCUT2D eigenvalue weighted by molar-refractivity contribution is -0.154.